The van der Waals surface area contributed by atoms with Crippen LogP contribution in [-0.4, -0.2) is 43.1 Å². The summed E-state index contributed by atoms with van der Waals surface area (Å²) in [5, 5.41) is 9.42. The molecule has 1 aliphatic heterocycles. The maximum Gasteiger partial charge on any atom is 0.279 e. The molecule has 0 aromatic carbocycles. The van der Waals surface area contributed by atoms with Crippen molar-refractivity contribution in [1.29, 1.82) is 0 Å². The molecule has 1 saturated heterocycles. The molecule has 0 amide bonds. The topological polar surface area (TPSA) is 69.6 Å². The van der Waals surface area contributed by atoms with Crippen molar-refractivity contribution < 1.29 is 13.5 Å². The van der Waals surface area contributed by atoms with Crippen molar-refractivity contribution in [3.63, 3.8) is 0 Å². The lowest BCUT2D eigenvalue weighted by molar-refractivity contribution is 0.131. The van der Waals surface area contributed by atoms with Gasteiger partial charge in [0.1, 0.15) is 0 Å². The Morgan fingerprint density at radius 3 is 2.76 bits per heavy atom. The van der Waals surface area contributed by atoms with Gasteiger partial charge in [-0.3, -0.25) is 0 Å². The number of hydrogen-bond donors (Lipinski definition) is 2. The average molecular weight is 264 g/mol. The fourth-order valence-electron chi connectivity index (χ4n) is 2.23. The van der Waals surface area contributed by atoms with Crippen LogP contribution in [-0.2, 0) is 10.2 Å². The zero-order chi connectivity index (χ0) is 12.9. The standard InChI is InChI=1S/C11H24N2O3S/c1-3-7-12-17(15,16)13-8-5-4-6-11(13)9-10(2)14/h10-12,14H,3-9H2,1-2H3. The van der Waals surface area contributed by atoms with Gasteiger partial charge in [-0.25, -0.2) is 4.72 Å². The van der Waals surface area contributed by atoms with Crippen LogP contribution >= 0.6 is 0 Å². The lowest BCUT2D eigenvalue weighted by Crippen LogP contribution is -2.50. The molecular formula is C11H24N2O3S. The molecule has 2 N–H and O–H groups in total. The highest BCUT2D eigenvalue weighted by molar-refractivity contribution is 7.87. The molecule has 6 heteroatoms. The Morgan fingerprint density at radius 1 is 1.47 bits per heavy atom. The molecule has 2 unspecified atom stereocenters. The largest absolute Gasteiger partial charge is 0.393 e. The normalized spacial score (nSPS) is 24.8. The third kappa shape index (κ3) is 4.54. The molecular weight excluding hydrogens is 240 g/mol. The fraction of sp³-hybridized carbons (Fsp3) is 1.00. The molecule has 0 spiro atoms. The third-order valence-corrected chi connectivity index (χ3v) is 4.70. The van der Waals surface area contributed by atoms with Gasteiger partial charge >= 0.3 is 0 Å². The van der Waals surface area contributed by atoms with E-state index in [0.29, 0.717) is 19.5 Å². The number of rotatable bonds is 6. The van der Waals surface area contributed by atoms with Crippen LogP contribution in [0.25, 0.3) is 0 Å². The maximum atomic E-state index is 12.1. The predicted molar refractivity (Wildman–Crippen MR) is 67.9 cm³/mol. The molecule has 1 rings (SSSR count). The van der Waals surface area contributed by atoms with Crippen LogP contribution in [0, 0.1) is 0 Å². The van der Waals surface area contributed by atoms with Gasteiger partial charge in [-0.2, -0.15) is 12.7 Å². The van der Waals surface area contributed by atoms with Gasteiger partial charge < -0.3 is 5.11 Å². The summed E-state index contributed by atoms with van der Waals surface area (Å²) in [6, 6.07) is -0.0573. The van der Waals surface area contributed by atoms with Crippen LogP contribution < -0.4 is 4.72 Å². The van der Waals surface area contributed by atoms with Gasteiger partial charge in [-0.15, -0.1) is 0 Å². The first-order chi connectivity index (χ1) is 7.97. The Balaban J connectivity index is 2.69. The maximum absolute atomic E-state index is 12.1. The van der Waals surface area contributed by atoms with Crippen molar-refractivity contribution >= 4 is 10.2 Å². The fourth-order valence-corrected chi connectivity index (χ4v) is 3.82. The van der Waals surface area contributed by atoms with Gasteiger partial charge in [0, 0.05) is 19.1 Å². The minimum absolute atomic E-state index is 0.0573. The van der Waals surface area contributed by atoms with E-state index in [1.165, 1.54) is 4.31 Å². The van der Waals surface area contributed by atoms with E-state index in [0.717, 1.165) is 25.7 Å². The van der Waals surface area contributed by atoms with E-state index in [2.05, 4.69) is 4.72 Å². The van der Waals surface area contributed by atoms with Crippen LogP contribution in [0.1, 0.15) is 46.0 Å². The second kappa shape index (κ2) is 6.68. The molecule has 5 nitrogen and oxygen atoms in total. The average Bonchev–Trinajstić information content (AvgIpc) is 2.26. The van der Waals surface area contributed by atoms with Gasteiger partial charge in [0.25, 0.3) is 10.2 Å². The summed E-state index contributed by atoms with van der Waals surface area (Å²) in [6.45, 7) is 4.68. The highest BCUT2D eigenvalue weighted by Crippen LogP contribution is 2.23. The van der Waals surface area contributed by atoms with E-state index >= 15 is 0 Å². The van der Waals surface area contributed by atoms with E-state index in [4.69, 9.17) is 0 Å². The summed E-state index contributed by atoms with van der Waals surface area (Å²) in [6.07, 6.45) is 3.64. The molecule has 0 aliphatic carbocycles. The quantitative estimate of drug-likeness (QED) is 0.747. The number of hydrogen-bond acceptors (Lipinski definition) is 3. The Hall–Kier alpha value is -0.170. The molecule has 1 fully saturated rings. The summed E-state index contributed by atoms with van der Waals surface area (Å²) in [4.78, 5) is 0. The second-order valence-electron chi connectivity index (χ2n) is 4.74. The lowest BCUT2D eigenvalue weighted by Gasteiger charge is -2.35. The van der Waals surface area contributed by atoms with Gasteiger partial charge in [0.05, 0.1) is 6.10 Å². The molecule has 102 valence electrons. The Morgan fingerprint density at radius 2 is 2.18 bits per heavy atom. The highest BCUT2D eigenvalue weighted by Gasteiger charge is 2.32. The molecule has 1 heterocycles. The smallest absolute Gasteiger partial charge is 0.279 e. The Labute approximate surface area is 104 Å². The van der Waals surface area contributed by atoms with E-state index in [9.17, 15) is 13.5 Å². The van der Waals surface area contributed by atoms with Crippen LogP contribution in [0.2, 0.25) is 0 Å². The van der Waals surface area contributed by atoms with Gasteiger partial charge in [-0.05, 0) is 32.6 Å². The minimum atomic E-state index is -3.37. The van der Waals surface area contributed by atoms with Crippen molar-refractivity contribution in [3.8, 4) is 0 Å². The molecule has 1 aliphatic rings. The minimum Gasteiger partial charge on any atom is -0.393 e. The van der Waals surface area contributed by atoms with Crippen LogP contribution in [0.5, 0.6) is 0 Å². The zero-order valence-electron chi connectivity index (χ0n) is 10.7. The van der Waals surface area contributed by atoms with Gasteiger partial charge in [0.2, 0.25) is 0 Å². The number of piperidine rings is 1. The van der Waals surface area contributed by atoms with Gasteiger partial charge in [0.15, 0.2) is 0 Å². The number of nitrogens with one attached hydrogen (secondary N) is 1. The summed E-state index contributed by atoms with van der Waals surface area (Å²) in [5.74, 6) is 0. The summed E-state index contributed by atoms with van der Waals surface area (Å²) < 4.78 is 28.3. The first kappa shape index (κ1) is 14.9. The van der Waals surface area contributed by atoms with E-state index in [-0.39, 0.29) is 6.04 Å². The predicted octanol–water partition coefficient (Wildman–Crippen LogP) is 0.856. The second-order valence-corrected chi connectivity index (χ2v) is 6.45. The van der Waals surface area contributed by atoms with Crippen LogP contribution in [0.4, 0.5) is 0 Å². The highest BCUT2D eigenvalue weighted by atomic mass is 32.2. The molecule has 0 aromatic heterocycles. The molecule has 0 aromatic rings. The Kier molecular flexibility index (Phi) is 5.85. The zero-order valence-corrected chi connectivity index (χ0v) is 11.5. The number of aliphatic hydroxyl groups is 1. The number of nitrogens with zero attached hydrogens (tertiary/aromatic N) is 1. The monoisotopic (exact) mass is 264 g/mol. The van der Waals surface area contributed by atoms with Crippen molar-refractivity contribution in [1.82, 2.24) is 9.03 Å². The van der Waals surface area contributed by atoms with Crippen molar-refractivity contribution in [2.75, 3.05) is 13.1 Å². The third-order valence-electron chi connectivity index (χ3n) is 3.03. The van der Waals surface area contributed by atoms with E-state index in [1.807, 2.05) is 6.92 Å². The lowest BCUT2D eigenvalue weighted by atomic mass is 10.00. The number of aliphatic hydroxyl groups excluding tert-OH is 1. The molecule has 0 saturated carbocycles. The molecule has 2 atom stereocenters. The van der Waals surface area contributed by atoms with E-state index in [1.54, 1.807) is 6.92 Å². The summed E-state index contributed by atoms with van der Waals surface area (Å²) in [7, 11) is -3.37. The van der Waals surface area contributed by atoms with Crippen molar-refractivity contribution in [3.05, 3.63) is 0 Å². The van der Waals surface area contributed by atoms with Crippen LogP contribution in [0.15, 0.2) is 0 Å². The summed E-state index contributed by atoms with van der Waals surface area (Å²) >= 11 is 0. The van der Waals surface area contributed by atoms with E-state index < -0.39 is 16.3 Å². The van der Waals surface area contributed by atoms with Crippen molar-refractivity contribution in [2.45, 2.75) is 58.1 Å². The Bertz CT molecular complexity index is 317. The summed E-state index contributed by atoms with van der Waals surface area (Å²) in [5.41, 5.74) is 0. The first-order valence-corrected chi connectivity index (χ1v) is 7.86. The first-order valence-electron chi connectivity index (χ1n) is 6.42. The molecule has 17 heavy (non-hydrogen) atoms. The molecule has 0 bridgehead atoms. The van der Waals surface area contributed by atoms with Gasteiger partial charge in [-0.1, -0.05) is 13.3 Å². The molecule has 0 radical (unpaired) electrons. The van der Waals surface area contributed by atoms with Crippen LogP contribution in [0.3, 0.4) is 0 Å². The van der Waals surface area contributed by atoms with Crippen molar-refractivity contribution in [2.24, 2.45) is 0 Å². The SMILES string of the molecule is CCCNS(=O)(=O)N1CCCCC1CC(C)O.